The van der Waals surface area contributed by atoms with Gasteiger partial charge in [-0.25, -0.2) is 9.78 Å². The molecule has 2 aliphatic heterocycles. The van der Waals surface area contributed by atoms with Crippen molar-refractivity contribution in [1.29, 1.82) is 0 Å². The van der Waals surface area contributed by atoms with E-state index in [9.17, 15) is 24.6 Å². The number of carboxylic acids is 1. The zero-order valence-electron chi connectivity index (χ0n) is 15.7. The topological polar surface area (TPSA) is 125 Å². The summed E-state index contributed by atoms with van der Waals surface area (Å²) in [6.45, 7) is 2.03. The van der Waals surface area contributed by atoms with Gasteiger partial charge in [0.1, 0.15) is 11.7 Å². The molecule has 2 N–H and O–H groups in total. The first-order valence-electron chi connectivity index (χ1n) is 9.14. The molecule has 2 aromatic rings. The summed E-state index contributed by atoms with van der Waals surface area (Å²) < 4.78 is 6.44. The Labute approximate surface area is 165 Å². The van der Waals surface area contributed by atoms with Crippen LogP contribution in [0.4, 0.5) is 0 Å². The average molecular weight is 400 g/mol. The first kappa shape index (κ1) is 18.9. The number of aromatic hydroxyl groups is 1. The summed E-state index contributed by atoms with van der Waals surface area (Å²) in [5.74, 6) is -2.23. The minimum Gasteiger partial charge on any atom is -0.503 e. The number of aromatic nitrogens is 2. The first-order chi connectivity index (χ1) is 13.9. The Hall–Kier alpha value is -3.40. The lowest BCUT2D eigenvalue weighted by molar-refractivity contribution is -0.0141. The van der Waals surface area contributed by atoms with E-state index in [0.717, 1.165) is 24.7 Å². The van der Waals surface area contributed by atoms with Gasteiger partial charge < -0.3 is 24.4 Å². The molecule has 0 aliphatic carbocycles. The molecule has 2 aliphatic rings. The largest absolute Gasteiger partial charge is 0.503 e. The van der Waals surface area contributed by atoms with Crippen LogP contribution >= 0.6 is 0 Å². The Kier molecular flexibility index (Phi) is 4.71. The first-order valence-corrected chi connectivity index (χ1v) is 9.14. The van der Waals surface area contributed by atoms with E-state index >= 15 is 0 Å². The Bertz CT molecular complexity index is 1030. The Morgan fingerprint density at radius 2 is 2.10 bits per heavy atom. The predicted octanol–water partition coefficient (Wildman–Crippen LogP) is 0.343. The van der Waals surface area contributed by atoms with Gasteiger partial charge in [-0.05, 0) is 12.0 Å². The molecule has 29 heavy (non-hydrogen) atoms. The van der Waals surface area contributed by atoms with E-state index in [2.05, 4.69) is 9.88 Å². The number of carboxylic acid groups (broad SMARTS) is 1. The molecule has 1 fully saturated rings. The van der Waals surface area contributed by atoms with Gasteiger partial charge in [-0.1, -0.05) is 6.07 Å². The Morgan fingerprint density at radius 3 is 2.76 bits per heavy atom. The highest BCUT2D eigenvalue weighted by Gasteiger charge is 2.40. The second-order valence-electron chi connectivity index (χ2n) is 7.04. The lowest BCUT2D eigenvalue weighted by atomic mass is 10.1. The van der Waals surface area contributed by atoms with Crippen molar-refractivity contribution < 1.29 is 24.5 Å². The van der Waals surface area contributed by atoms with Crippen molar-refractivity contribution >= 4 is 11.9 Å². The molecule has 0 saturated carbocycles. The lowest BCUT2D eigenvalue weighted by Gasteiger charge is -2.47. The molecule has 10 heteroatoms. The van der Waals surface area contributed by atoms with Crippen LogP contribution in [0, 0.1) is 0 Å². The second-order valence-corrected chi connectivity index (χ2v) is 7.04. The van der Waals surface area contributed by atoms with Gasteiger partial charge >= 0.3 is 5.97 Å². The number of fused-ring (bicyclic) bond motifs is 2. The molecule has 4 heterocycles. The van der Waals surface area contributed by atoms with Gasteiger partial charge in [0.05, 0.1) is 13.7 Å². The van der Waals surface area contributed by atoms with Gasteiger partial charge in [0.2, 0.25) is 11.3 Å². The molecule has 1 amide bonds. The maximum atomic E-state index is 13.0. The predicted molar refractivity (Wildman–Crippen MR) is 100.0 cm³/mol. The quantitative estimate of drug-likeness (QED) is 0.753. The summed E-state index contributed by atoms with van der Waals surface area (Å²) in [7, 11) is 1.54. The molecular weight excluding hydrogens is 380 g/mol. The summed E-state index contributed by atoms with van der Waals surface area (Å²) in [4.78, 5) is 44.4. The van der Waals surface area contributed by atoms with Crippen molar-refractivity contribution in [2.24, 2.45) is 0 Å². The van der Waals surface area contributed by atoms with Crippen LogP contribution in [0.5, 0.6) is 11.6 Å². The lowest BCUT2D eigenvalue weighted by Crippen LogP contribution is -2.60. The van der Waals surface area contributed by atoms with Crippen molar-refractivity contribution in [3.63, 3.8) is 0 Å². The maximum absolute atomic E-state index is 13.0. The zero-order valence-corrected chi connectivity index (χ0v) is 15.7. The molecule has 0 spiro atoms. The second kappa shape index (κ2) is 7.21. The molecule has 1 atom stereocenters. The van der Waals surface area contributed by atoms with Crippen LogP contribution in [0.15, 0.2) is 29.3 Å². The number of aromatic carboxylic acids is 1. The number of pyridine rings is 2. The van der Waals surface area contributed by atoms with Crippen LogP contribution < -0.4 is 10.2 Å². The Morgan fingerprint density at radius 1 is 1.31 bits per heavy atom. The van der Waals surface area contributed by atoms with E-state index in [4.69, 9.17) is 4.74 Å². The fraction of sp³-hybridized carbons (Fsp3) is 0.368. The maximum Gasteiger partial charge on any atom is 0.341 e. The summed E-state index contributed by atoms with van der Waals surface area (Å²) in [5, 5.41) is 19.4. The SMILES string of the molecule is COc1ccc(CN2CCCN3C(=O)c4c(O)c(=O)c(C(=O)O)cn4CC23)cn1. The van der Waals surface area contributed by atoms with Gasteiger partial charge in [0, 0.05) is 38.1 Å². The minimum atomic E-state index is -1.44. The fourth-order valence-corrected chi connectivity index (χ4v) is 3.92. The minimum absolute atomic E-state index is 0.163. The summed E-state index contributed by atoms with van der Waals surface area (Å²) in [5.41, 5.74) is -0.827. The molecule has 1 saturated heterocycles. The molecule has 0 aromatic carbocycles. The number of carbonyl (C=O) groups excluding carboxylic acids is 1. The highest BCUT2D eigenvalue weighted by Crippen LogP contribution is 2.29. The van der Waals surface area contributed by atoms with Crippen LogP contribution in [-0.2, 0) is 13.1 Å². The van der Waals surface area contributed by atoms with Crippen LogP contribution in [0.3, 0.4) is 0 Å². The number of methoxy groups -OCH3 is 1. The number of rotatable bonds is 4. The van der Waals surface area contributed by atoms with Crippen LogP contribution in [0.1, 0.15) is 32.8 Å². The number of hydrogen-bond acceptors (Lipinski definition) is 7. The molecule has 0 radical (unpaired) electrons. The highest BCUT2D eigenvalue weighted by molar-refractivity contribution is 5.97. The van der Waals surface area contributed by atoms with E-state index in [1.54, 1.807) is 24.3 Å². The van der Waals surface area contributed by atoms with Gasteiger partial charge in [-0.15, -0.1) is 0 Å². The highest BCUT2D eigenvalue weighted by atomic mass is 16.5. The normalized spacial score (nSPS) is 18.9. The zero-order chi connectivity index (χ0) is 20.7. The molecule has 152 valence electrons. The molecule has 4 rings (SSSR count). The molecule has 1 unspecified atom stereocenters. The van der Waals surface area contributed by atoms with Crippen molar-refractivity contribution in [1.82, 2.24) is 19.4 Å². The third-order valence-electron chi connectivity index (χ3n) is 5.33. The number of hydrogen-bond donors (Lipinski definition) is 2. The van der Waals surface area contributed by atoms with E-state index in [-0.39, 0.29) is 18.4 Å². The number of amides is 1. The summed E-state index contributed by atoms with van der Waals surface area (Å²) in [6.07, 6.45) is 3.26. The van der Waals surface area contributed by atoms with Gasteiger partial charge in [-0.3, -0.25) is 14.5 Å². The van der Waals surface area contributed by atoms with Crippen molar-refractivity contribution in [3.05, 3.63) is 51.6 Å². The summed E-state index contributed by atoms with van der Waals surface area (Å²) >= 11 is 0. The third kappa shape index (κ3) is 3.21. The van der Waals surface area contributed by atoms with E-state index in [0.29, 0.717) is 19.0 Å². The number of nitrogens with zero attached hydrogens (tertiary/aromatic N) is 4. The summed E-state index contributed by atoms with van der Waals surface area (Å²) in [6, 6.07) is 3.66. The van der Waals surface area contributed by atoms with Crippen LogP contribution in [-0.4, -0.2) is 67.8 Å². The molecule has 2 aromatic heterocycles. The van der Waals surface area contributed by atoms with E-state index in [1.807, 2.05) is 6.07 Å². The van der Waals surface area contributed by atoms with Gasteiger partial charge in [0.25, 0.3) is 5.91 Å². The van der Waals surface area contributed by atoms with Crippen molar-refractivity contribution in [2.45, 2.75) is 25.7 Å². The molecule has 10 nitrogen and oxygen atoms in total. The monoisotopic (exact) mass is 400 g/mol. The van der Waals surface area contributed by atoms with Crippen LogP contribution in [0.2, 0.25) is 0 Å². The van der Waals surface area contributed by atoms with Crippen LogP contribution in [0.25, 0.3) is 0 Å². The van der Waals surface area contributed by atoms with Crippen molar-refractivity contribution in [2.75, 3.05) is 20.2 Å². The average Bonchev–Trinajstić information content (AvgIpc) is 2.71. The fourth-order valence-electron chi connectivity index (χ4n) is 3.92. The van der Waals surface area contributed by atoms with Gasteiger partial charge in [0.15, 0.2) is 11.4 Å². The van der Waals surface area contributed by atoms with E-state index in [1.165, 1.54) is 4.57 Å². The van der Waals surface area contributed by atoms with Gasteiger partial charge in [-0.2, -0.15) is 0 Å². The smallest absolute Gasteiger partial charge is 0.341 e. The standard InChI is InChI=1S/C19H20N4O6/c1-29-13-4-3-11(7-20-13)8-21-5-2-6-23-14(21)10-22-9-12(19(27)28)16(24)17(25)15(22)18(23)26/h3-4,7,9,14,25H,2,5-6,8,10H2,1H3,(H,27,28). The Balaban J connectivity index is 1.68. The number of carbonyl (C=O) groups is 2. The molecule has 0 bridgehead atoms. The third-order valence-corrected chi connectivity index (χ3v) is 5.33. The van der Waals surface area contributed by atoms with Crippen molar-refractivity contribution in [3.8, 4) is 11.6 Å². The number of ether oxygens (including phenoxy) is 1. The molecular formula is C19H20N4O6. The van der Waals surface area contributed by atoms with E-state index < -0.39 is 28.6 Å².